The Kier molecular flexibility index (Phi) is 7.54. The summed E-state index contributed by atoms with van der Waals surface area (Å²) in [6.45, 7) is 2.91. The third-order valence-electron chi connectivity index (χ3n) is 7.91. The molecule has 40 heavy (non-hydrogen) atoms. The Morgan fingerprint density at radius 2 is 1.95 bits per heavy atom. The highest BCUT2D eigenvalue weighted by molar-refractivity contribution is 7.90. The first-order valence-electron chi connectivity index (χ1n) is 13.6. The van der Waals surface area contributed by atoms with Gasteiger partial charge in [0.1, 0.15) is 17.3 Å². The van der Waals surface area contributed by atoms with Crippen molar-refractivity contribution in [3.05, 3.63) is 63.5 Å². The van der Waals surface area contributed by atoms with Gasteiger partial charge in [0.05, 0.1) is 34.1 Å². The van der Waals surface area contributed by atoms with Crippen LogP contribution < -0.4 is 9.62 Å². The van der Waals surface area contributed by atoms with E-state index in [1.165, 1.54) is 6.20 Å². The van der Waals surface area contributed by atoms with E-state index >= 15 is 0 Å². The van der Waals surface area contributed by atoms with E-state index in [0.29, 0.717) is 46.2 Å². The van der Waals surface area contributed by atoms with Crippen molar-refractivity contribution >= 4 is 45.0 Å². The predicted molar refractivity (Wildman–Crippen MR) is 152 cm³/mol. The Morgan fingerprint density at radius 3 is 2.58 bits per heavy atom. The highest BCUT2D eigenvalue weighted by Gasteiger charge is 2.46. The minimum Gasteiger partial charge on any atom is -0.373 e. The molecule has 1 saturated heterocycles. The summed E-state index contributed by atoms with van der Waals surface area (Å²) in [5, 5.41) is 5.41. The van der Waals surface area contributed by atoms with Gasteiger partial charge in [-0.15, -0.1) is 0 Å². The zero-order valence-electron chi connectivity index (χ0n) is 22.0. The number of anilines is 1. The van der Waals surface area contributed by atoms with Crippen molar-refractivity contribution in [2.24, 2.45) is 5.92 Å². The molecule has 3 aromatic rings. The number of piperidine rings is 1. The Bertz CT molecular complexity index is 1500. The number of benzene rings is 1. The van der Waals surface area contributed by atoms with Crippen LogP contribution in [0, 0.1) is 5.92 Å². The molecule has 2 saturated carbocycles. The second-order valence-electron chi connectivity index (χ2n) is 10.8. The van der Waals surface area contributed by atoms with Gasteiger partial charge in [-0.3, -0.25) is 4.79 Å². The van der Waals surface area contributed by atoms with Crippen LogP contribution in [0.5, 0.6) is 0 Å². The molecular formula is C28H30Cl2N4O5S. The fraction of sp³-hybridized carbons (Fsp3) is 0.464. The second kappa shape index (κ2) is 11.0. The third kappa shape index (κ3) is 5.46. The standard InChI is InChI=1S/C28H30Cl2N4O5S/c1-2-10-40(36,37)33-28(35)17-8-9-24(31-13-17)34-14-18-11-19(34)12-23(18)38-15-20-26(32-39-27(20)16-6-7-16)25-21(29)4-3-5-22(25)30/h3-5,8-9,13,16,18-19,23H,2,6-7,10-12,14-15H2,1H3,(H,33,35)/t18-,19-,23+/m0/s1. The fourth-order valence-electron chi connectivity index (χ4n) is 5.84. The average molecular weight is 606 g/mol. The molecule has 12 heteroatoms. The SMILES string of the molecule is CCCS(=O)(=O)NC(=O)c1ccc(N2C[C@@H]3C[C@H]2C[C@H]3OCc2c(-c3c(Cl)cccc3Cl)noc2C2CC2)nc1. The van der Waals surface area contributed by atoms with Crippen LogP contribution >= 0.6 is 23.2 Å². The molecule has 1 N–H and O–H groups in total. The number of sulfonamides is 1. The normalized spacial score (nSPS) is 22.2. The highest BCUT2D eigenvalue weighted by Crippen LogP contribution is 2.47. The van der Waals surface area contributed by atoms with Crippen LogP contribution in [0.25, 0.3) is 11.3 Å². The smallest absolute Gasteiger partial charge is 0.266 e. The molecule has 2 aliphatic carbocycles. The van der Waals surface area contributed by atoms with Crippen LogP contribution in [0.4, 0.5) is 5.82 Å². The number of pyridine rings is 1. The monoisotopic (exact) mass is 604 g/mol. The topological polar surface area (TPSA) is 115 Å². The third-order valence-corrected chi connectivity index (χ3v) is 9.98. The van der Waals surface area contributed by atoms with E-state index in [4.69, 9.17) is 32.5 Å². The molecule has 0 unspecified atom stereocenters. The van der Waals surface area contributed by atoms with Crippen molar-refractivity contribution in [3.63, 3.8) is 0 Å². The average Bonchev–Trinajstić information content (AvgIpc) is 3.37. The van der Waals surface area contributed by atoms with Gasteiger partial charge in [0.2, 0.25) is 10.0 Å². The number of hydrogen-bond donors (Lipinski definition) is 1. The molecule has 3 heterocycles. The molecule has 6 rings (SSSR count). The number of nitrogens with one attached hydrogen (secondary N) is 1. The first-order chi connectivity index (χ1) is 19.2. The number of halogens is 2. The number of fused-ring (bicyclic) bond motifs is 2. The summed E-state index contributed by atoms with van der Waals surface area (Å²) in [5.74, 6) is 1.57. The Labute approximate surface area is 243 Å². The first kappa shape index (κ1) is 27.5. The van der Waals surface area contributed by atoms with Crippen LogP contribution in [-0.2, 0) is 21.4 Å². The summed E-state index contributed by atoms with van der Waals surface area (Å²) in [5.41, 5.74) is 2.46. The van der Waals surface area contributed by atoms with E-state index in [1.807, 2.05) is 6.07 Å². The minimum absolute atomic E-state index is 0.0894. The van der Waals surface area contributed by atoms with Crippen molar-refractivity contribution < 1.29 is 22.5 Å². The quantitative estimate of drug-likeness (QED) is 0.319. The van der Waals surface area contributed by atoms with Gasteiger partial charge in [0, 0.05) is 41.7 Å². The van der Waals surface area contributed by atoms with Gasteiger partial charge >= 0.3 is 0 Å². The lowest BCUT2D eigenvalue weighted by Gasteiger charge is -2.32. The van der Waals surface area contributed by atoms with Crippen molar-refractivity contribution in [3.8, 4) is 11.3 Å². The molecule has 0 radical (unpaired) electrons. The number of carbonyl (C=O) groups is 1. The van der Waals surface area contributed by atoms with Crippen molar-refractivity contribution in [1.82, 2.24) is 14.9 Å². The van der Waals surface area contributed by atoms with Crippen LogP contribution in [-0.4, -0.2) is 48.9 Å². The van der Waals surface area contributed by atoms with Crippen molar-refractivity contribution in [1.29, 1.82) is 0 Å². The van der Waals surface area contributed by atoms with E-state index in [2.05, 4.69) is 19.8 Å². The molecule has 9 nitrogen and oxygen atoms in total. The molecular weight excluding hydrogens is 575 g/mol. The van der Waals surface area contributed by atoms with Crippen LogP contribution in [0.15, 0.2) is 41.1 Å². The maximum absolute atomic E-state index is 12.3. The number of hydrogen-bond acceptors (Lipinski definition) is 8. The Balaban J connectivity index is 1.11. The summed E-state index contributed by atoms with van der Waals surface area (Å²) in [6, 6.07) is 9.07. The van der Waals surface area contributed by atoms with Gasteiger partial charge in [-0.2, -0.15) is 0 Å². The molecule has 3 fully saturated rings. The van der Waals surface area contributed by atoms with E-state index in [9.17, 15) is 13.2 Å². The maximum Gasteiger partial charge on any atom is 0.266 e. The summed E-state index contributed by atoms with van der Waals surface area (Å²) in [6.07, 6.45) is 5.94. The van der Waals surface area contributed by atoms with Gasteiger partial charge < -0.3 is 14.2 Å². The van der Waals surface area contributed by atoms with Gasteiger partial charge in [-0.05, 0) is 56.4 Å². The van der Waals surface area contributed by atoms with Crippen molar-refractivity contribution in [2.75, 3.05) is 17.2 Å². The van der Waals surface area contributed by atoms with Gasteiger partial charge in [0.25, 0.3) is 5.91 Å². The summed E-state index contributed by atoms with van der Waals surface area (Å²) in [4.78, 5) is 19.1. The van der Waals surface area contributed by atoms with Crippen molar-refractivity contribution in [2.45, 2.75) is 63.7 Å². The molecule has 2 bridgehead atoms. The molecule has 0 spiro atoms. The van der Waals surface area contributed by atoms with E-state index < -0.39 is 15.9 Å². The summed E-state index contributed by atoms with van der Waals surface area (Å²) < 4.78 is 38.2. The predicted octanol–water partition coefficient (Wildman–Crippen LogP) is 5.57. The van der Waals surface area contributed by atoms with Gasteiger partial charge in [-0.25, -0.2) is 18.1 Å². The number of rotatable bonds is 10. The number of amides is 1. The lowest BCUT2D eigenvalue weighted by atomic mass is 10.0. The molecule has 212 valence electrons. The largest absolute Gasteiger partial charge is 0.373 e. The van der Waals surface area contributed by atoms with Crippen LogP contribution in [0.1, 0.15) is 66.6 Å². The fourth-order valence-corrected chi connectivity index (χ4v) is 7.46. The maximum atomic E-state index is 12.3. The Hall–Kier alpha value is -2.66. The number of nitrogens with zero attached hydrogens (tertiary/aromatic N) is 3. The molecule has 2 aromatic heterocycles. The van der Waals surface area contributed by atoms with E-state index in [1.54, 1.807) is 31.2 Å². The summed E-state index contributed by atoms with van der Waals surface area (Å²) >= 11 is 13.0. The molecule has 3 atom stereocenters. The number of carbonyl (C=O) groups excluding carboxylic acids is 1. The molecule has 3 aliphatic rings. The molecule has 1 amide bonds. The van der Waals surface area contributed by atoms with Gasteiger partial charge in [0.15, 0.2) is 0 Å². The van der Waals surface area contributed by atoms with Crippen LogP contribution in [0.2, 0.25) is 10.0 Å². The molecule has 1 aromatic carbocycles. The first-order valence-corrected chi connectivity index (χ1v) is 16.0. The second-order valence-corrected chi connectivity index (χ2v) is 13.4. The summed E-state index contributed by atoms with van der Waals surface area (Å²) in [7, 11) is -3.64. The Morgan fingerprint density at radius 1 is 1.18 bits per heavy atom. The van der Waals surface area contributed by atoms with E-state index in [-0.39, 0.29) is 23.5 Å². The zero-order valence-corrected chi connectivity index (χ0v) is 24.3. The van der Waals surface area contributed by atoms with E-state index in [0.717, 1.165) is 49.4 Å². The number of aromatic nitrogens is 2. The highest BCUT2D eigenvalue weighted by atomic mass is 35.5. The molecule has 1 aliphatic heterocycles. The van der Waals surface area contributed by atoms with Crippen LogP contribution in [0.3, 0.4) is 0 Å². The minimum atomic E-state index is -3.64. The lowest BCUT2D eigenvalue weighted by Crippen LogP contribution is -2.39. The zero-order chi connectivity index (χ0) is 28.0. The lowest BCUT2D eigenvalue weighted by molar-refractivity contribution is 0.0122. The number of ether oxygens (including phenoxy) is 1. The van der Waals surface area contributed by atoms with Gasteiger partial charge in [-0.1, -0.05) is 41.3 Å².